The van der Waals surface area contributed by atoms with Gasteiger partial charge in [-0.2, -0.15) is 8.42 Å². The molecule has 22 heavy (non-hydrogen) atoms. The second-order valence-electron chi connectivity index (χ2n) is 5.96. The van der Waals surface area contributed by atoms with Gasteiger partial charge in [-0.3, -0.25) is 4.90 Å². The number of para-hydroxylation sites is 1. The van der Waals surface area contributed by atoms with E-state index in [-0.39, 0.29) is 11.9 Å². The third kappa shape index (κ3) is 4.00. The van der Waals surface area contributed by atoms with Gasteiger partial charge in [-0.1, -0.05) is 31.0 Å². The van der Waals surface area contributed by atoms with Gasteiger partial charge in [0.15, 0.2) is 0 Å². The molecule has 0 N–H and O–H groups in total. The Morgan fingerprint density at radius 2 is 1.95 bits per heavy atom. The molecular formula is C16H23NO4S. The number of hydrogen-bond acceptors (Lipinski definition) is 5. The average Bonchev–Trinajstić information content (AvgIpc) is 2.53. The lowest BCUT2D eigenvalue weighted by Crippen LogP contribution is -2.53. The maximum atomic E-state index is 12.1. The van der Waals surface area contributed by atoms with Gasteiger partial charge in [0.1, 0.15) is 5.75 Å². The molecule has 5 nitrogen and oxygen atoms in total. The minimum absolute atomic E-state index is 0.0190. The largest absolute Gasteiger partial charge is 0.382 e. The van der Waals surface area contributed by atoms with E-state index < -0.39 is 10.1 Å². The number of hydrogen-bond donors (Lipinski definition) is 0. The molecule has 2 fully saturated rings. The summed E-state index contributed by atoms with van der Waals surface area (Å²) in [6, 6.07) is 9.04. The fraction of sp³-hybridized carbons (Fsp3) is 0.625. The van der Waals surface area contributed by atoms with Crippen molar-refractivity contribution in [3.63, 3.8) is 0 Å². The standard InChI is InChI=1S/C16H23NO4S/c18-22(19,21-14-6-2-1-3-7-14)13-11-17-10-12-20-16-9-5-4-8-15(16)17/h1-3,6-7,15-16H,4-5,8-13H2/t15-,16-/m1/s1. The predicted molar refractivity (Wildman–Crippen MR) is 84.4 cm³/mol. The summed E-state index contributed by atoms with van der Waals surface area (Å²) in [6.45, 7) is 2.02. The number of nitrogens with zero attached hydrogens (tertiary/aromatic N) is 1. The van der Waals surface area contributed by atoms with Crippen LogP contribution in [0.5, 0.6) is 5.75 Å². The van der Waals surface area contributed by atoms with Crippen LogP contribution in [0.3, 0.4) is 0 Å². The van der Waals surface area contributed by atoms with Crippen molar-refractivity contribution in [3.05, 3.63) is 30.3 Å². The average molecular weight is 325 g/mol. The number of benzene rings is 1. The van der Waals surface area contributed by atoms with E-state index in [1.807, 2.05) is 6.07 Å². The van der Waals surface area contributed by atoms with Crippen LogP contribution >= 0.6 is 0 Å². The van der Waals surface area contributed by atoms with Crippen molar-refractivity contribution in [1.29, 1.82) is 0 Å². The first-order valence-electron chi connectivity index (χ1n) is 7.97. The highest BCUT2D eigenvalue weighted by atomic mass is 32.2. The number of rotatable bonds is 5. The third-order valence-corrected chi connectivity index (χ3v) is 5.57. The molecule has 122 valence electrons. The lowest BCUT2D eigenvalue weighted by Gasteiger charge is -2.43. The summed E-state index contributed by atoms with van der Waals surface area (Å²) in [6.07, 6.45) is 4.89. The first-order valence-corrected chi connectivity index (χ1v) is 9.55. The molecule has 1 aromatic rings. The van der Waals surface area contributed by atoms with Crippen LogP contribution in [0.25, 0.3) is 0 Å². The maximum absolute atomic E-state index is 12.1. The molecule has 0 aromatic heterocycles. The molecule has 2 aliphatic rings. The molecule has 0 unspecified atom stereocenters. The van der Waals surface area contributed by atoms with Gasteiger partial charge in [0.2, 0.25) is 0 Å². The number of fused-ring (bicyclic) bond motifs is 1. The van der Waals surface area contributed by atoms with Crippen molar-refractivity contribution >= 4 is 10.1 Å². The van der Waals surface area contributed by atoms with Crippen molar-refractivity contribution in [2.75, 3.05) is 25.4 Å². The van der Waals surface area contributed by atoms with E-state index >= 15 is 0 Å². The summed E-state index contributed by atoms with van der Waals surface area (Å²) in [5.41, 5.74) is 0. The Labute approximate surface area is 132 Å². The van der Waals surface area contributed by atoms with Crippen LogP contribution in [0, 0.1) is 0 Å². The fourth-order valence-corrected chi connectivity index (χ4v) is 4.29. The SMILES string of the molecule is O=S(=O)(CCN1CCO[C@@H]2CCCC[C@H]21)Oc1ccccc1. The van der Waals surface area contributed by atoms with Crippen LogP contribution < -0.4 is 4.18 Å². The minimum Gasteiger partial charge on any atom is -0.382 e. The third-order valence-electron chi connectivity index (χ3n) is 4.44. The van der Waals surface area contributed by atoms with E-state index in [0.29, 0.717) is 24.9 Å². The molecule has 1 heterocycles. The monoisotopic (exact) mass is 325 g/mol. The Kier molecular flexibility index (Phi) is 5.00. The van der Waals surface area contributed by atoms with Gasteiger partial charge in [0, 0.05) is 19.1 Å². The van der Waals surface area contributed by atoms with E-state index in [0.717, 1.165) is 19.4 Å². The zero-order valence-corrected chi connectivity index (χ0v) is 13.5. The van der Waals surface area contributed by atoms with Crippen molar-refractivity contribution in [1.82, 2.24) is 4.90 Å². The number of morpholine rings is 1. The zero-order chi connectivity index (χ0) is 15.4. The smallest absolute Gasteiger partial charge is 0.310 e. The highest BCUT2D eigenvalue weighted by molar-refractivity contribution is 7.87. The molecule has 3 rings (SSSR count). The molecule has 2 atom stereocenters. The lowest BCUT2D eigenvalue weighted by molar-refractivity contribution is -0.0860. The van der Waals surface area contributed by atoms with Crippen LogP contribution in [0.4, 0.5) is 0 Å². The van der Waals surface area contributed by atoms with Gasteiger partial charge in [0.25, 0.3) is 0 Å². The second-order valence-corrected chi connectivity index (χ2v) is 7.65. The minimum atomic E-state index is -3.55. The highest BCUT2D eigenvalue weighted by Gasteiger charge is 2.34. The molecular weight excluding hydrogens is 302 g/mol. The Balaban J connectivity index is 1.56. The fourth-order valence-electron chi connectivity index (χ4n) is 3.35. The molecule has 1 aliphatic carbocycles. The highest BCUT2D eigenvalue weighted by Crippen LogP contribution is 2.28. The molecule has 0 radical (unpaired) electrons. The zero-order valence-electron chi connectivity index (χ0n) is 12.7. The Morgan fingerprint density at radius 3 is 2.77 bits per heavy atom. The van der Waals surface area contributed by atoms with Gasteiger partial charge < -0.3 is 8.92 Å². The quantitative estimate of drug-likeness (QED) is 0.776. The van der Waals surface area contributed by atoms with E-state index in [1.165, 1.54) is 12.8 Å². The molecule has 0 spiro atoms. The van der Waals surface area contributed by atoms with Gasteiger partial charge >= 0.3 is 10.1 Å². The van der Waals surface area contributed by atoms with E-state index in [2.05, 4.69) is 4.90 Å². The molecule has 1 aromatic carbocycles. The molecule has 1 saturated carbocycles. The summed E-state index contributed by atoms with van der Waals surface area (Å²) in [7, 11) is -3.55. The molecule has 1 aliphatic heterocycles. The second kappa shape index (κ2) is 6.98. The van der Waals surface area contributed by atoms with Crippen molar-refractivity contribution in [2.45, 2.75) is 37.8 Å². The first kappa shape index (κ1) is 15.8. The summed E-state index contributed by atoms with van der Waals surface area (Å²) >= 11 is 0. The van der Waals surface area contributed by atoms with Crippen molar-refractivity contribution < 1.29 is 17.3 Å². The molecule has 6 heteroatoms. The van der Waals surface area contributed by atoms with E-state index in [9.17, 15) is 8.42 Å². The van der Waals surface area contributed by atoms with Crippen LogP contribution in [0.1, 0.15) is 25.7 Å². The lowest BCUT2D eigenvalue weighted by atomic mass is 9.90. The number of ether oxygens (including phenoxy) is 1. The summed E-state index contributed by atoms with van der Waals surface area (Å²) < 4.78 is 35.2. The summed E-state index contributed by atoms with van der Waals surface area (Å²) in [4.78, 5) is 2.26. The molecule has 0 amide bonds. The summed E-state index contributed by atoms with van der Waals surface area (Å²) in [5.74, 6) is 0.394. The molecule has 0 bridgehead atoms. The first-order chi connectivity index (χ1) is 10.6. The maximum Gasteiger partial charge on any atom is 0.310 e. The topological polar surface area (TPSA) is 55.8 Å². The van der Waals surface area contributed by atoms with Crippen molar-refractivity contribution in [2.24, 2.45) is 0 Å². The van der Waals surface area contributed by atoms with E-state index in [1.54, 1.807) is 24.3 Å². The molecule has 1 saturated heterocycles. The van der Waals surface area contributed by atoms with Crippen LogP contribution in [0.2, 0.25) is 0 Å². The van der Waals surface area contributed by atoms with Gasteiger partial charge in [-0.05, 0) is 25.0 Å². The van der Waals surface area contributed by atoms with Crippen molar-refractivity contribution in [3.8, 4) is 5.75 Å². The normalized spacial score (nSPS) is 26.4. The van der Waals surface area contributed by atoms with Crippen LogP contribution in [-0.2, 0) is 14.9 Å². The van der Waals surface area contributed by atoms with Gasteiger partial charge in [-0.15, -0.1) is 0 Å². The van der Waals surface area contributed by atoms with Gasteiger partial charge in [-0.25, -0.2) is 0 Å². The Bertz CT molecular complexity index is 573. The van der Waals surface area contributed by atoms with E-state index in [4.69, 9.17) is 8.92 Å². The van der Waals surface area contributed by atoms with Crippen LogP contribution in [-0.4, -0.2) is 50.9 Å². The predicted octanol–water partition coefficient (Wildman–Crippen LogP) is 2.04. The van der Waals surface area contributed by atoms with Crippen LogP contribution in [0.15, 0.2) is 30.3 Å². The Morgan fingerprint density at radius 1 is 1.18 bits per heavy atom. The van der Waals surface area contributed by atoms with Gasteiger partial charge in [0.05, 0.1) is 18.5 Å². The summed E-state index contributed by atoms with van der Waals surface area (Å²) in [5, 5.41) is 0. The Hall–Kier alpha value is -1.11.